The van der Waals surface area contributed by atoms with Crippen molar-refractivity contribution in [3.8, 4) is 11.5 Å². The Morgan fingerprint density at radius 1 is 1.10 bits per heavy atom. The minimum Gasteiger partial charge on any atom is -0.497 e. The van der Waals surface area contributed by atoms with Gasteiger partial charge in [-0.05, 0) is 48.2 Å². The summed E-state index contributed by atoms with van der Waals surface area (Å²) >= 11 is 0. The molecule has 156 valence electrons. The molecule has 0 spiro atoms. The molecule has 1 aliphatic heterocycles. The van der Waals surface area contributed by atoms with Crippen LogP contribution in [0.5, 0.6) is 11.5 Å². The second-order valence-corrected chi connectivity index (χ2v) is 8.65. The minimum atomic E-state index is -3.67. The number of sulfonamides is 1. The van der Waals surface area contributed by atoms with Gasteiger partial charge in [0.15, 0.2) is 0 Å². The van der Waals surface area contributed by atoms with Crippen LogP contribution in [0, 0.1) is 0 Å². The molecule has 0 radical (unpaired) electrons. The van der Waals surface area contributed by atoms with E-state index in [2.05, 4.69) is 4.72 Å². The van der Waals surface area contributed by atoms with Crippen molar-refractivity contribution in [2.45, 2.75) is 31.9 Å². The maximum Gasteiger partial charge on any atom is 0.236 e. The Morgan fingerprint density at radius 3 is 2.41 bits per heavy atom. The predicted molar refractivity (Wildman–Crippen MR) is 113 cm³/mol. The van der Waals surface area contributed by atoms with E-state index in [0.717, 1.165) is 24.1 Å². The molecule has 1 N–H and O–H groups in total. The standard InChI is InChI=1S/C21H26N2O5S/c1-4-21(24)23-9-5-6-16-7-8-17(12-20(16)23)22-29(25,26)14-15-10-18(27-2)13-19(11-15)28-3/h7-8,10-13,22H,4-6,9,14H2,1-3H3. The highest BCUT2D eigenvalue weighted by Gasteiger charge is 2.22. The third-order valence-corrected chi connectivity index (χ3v) is 6.11. The number of nitrogens with zero attached hydrogens (tertiary/aromatic N) is 1. The van der Waals surface area contributed by atoms with Crippen molar-refractivity contribution in [3.63, 3.8) is 0 Å². The van der Waals surface area contributed by atoms with Crippen LogP contribution in [-0.2, 0) is 27.0 Å². The maximum atomic E-state index is 12.7. The van der Waals surface area contributed by atoms with E-state index in [1.807, 2.05) is 13.0 Å². The van der Waals surface area contributed by atoms with Crippen LogP contribution in [0.2, 0.25) is 0 Å². The fraction of sp³-hybridized carbons (Fsp3) is 0.381. The van der Waals surface area contributed by atoms with Crippen LogP contribution >= 0.6 is 0 Å². The Balaban J connectivity index is 1.83. The summed E-state index contributed by atoms with van der Waals surface area (Å²) in [5, 5.41) is 0. The van der Waals surface area contributed by atoms with Gasteiger partial charge in [0.1, 0.15) is 11.5 Å². The molecule has 3 rings (SSSR count). The number of anilines is 2. The molecule has 7 nitrogen and oxygen atoms in total. The van der Waals surface area contributed by atoms with Gasteiger partial charge in [-0.25, -0.2) is 8.42 Å². The number of aryl methyl sites for hydroxylation is 1. The van der Waals surface area contributed by atoms with Gasteiger partial charge in [-0.2, -0.15) is 0 Å². The average Bonchev–Trinajstić information content (AvgIpc) is 2.71. The lowest BCUT2D eigenvalue weighted by molar-refractivity contribution is -0.118. The van der Waals surface area contributed by atoms with Gasteiger partial charge in [0.25, 0.3) is 0 Å². The summed E-state index contributed by atoms with van der Waals surface area (Å²) in [6, 6.07) is 10.4. The normalized spacial score (nSPS) is 13.6. The van der Waals surface area contributed by atoms with Crippen molar-refractivity contribution >= 4 is 27.3 Å². The number of hydrogen-bond donors (Lipinski definition) is 1. The van der Waals surface area contributed by atoms with Crippen LogP contribution < -0.4 is 19.1 Å². The number of nitrogens with one attached hydrogen (secondary N) is 1. The molecule has 1 amide bonds. The van der Waals surface area contributed by atoms with E-state index < -0.39 is 10.0 Å². The lowest BCUT2D eigenvalue weighted by Crippen LogP contribution is -2.35. The molecule has 0 unspecified atom stereocenters. The number of carbonyl (C=O) groups excluding carboxylic acids is 1. The number of fused-ring (bicyclic) bond motifs is 1. The molecule has 29 heavy (non-hydrogen) atoms. The highest BCUT2D eigenvalue weighted by Crippen LogP contribution is 2.31. The second-order valence-electron chi connectivity index (χ2n) is 6.93. The zero-order chi connectivity index (χ0) is 21.0. The number of methoxy groups -OCH3 is 2. The molecule has 0 saturated carbocycles. The number of rotatable bonds is 7. The monoisotopic (exact) mass is 418 g/mol. The Bertz CT molecular complexity index is 982. The van der Waals surface area contributed by atoms with Crippen LogP contribution in [0.3, 0.4) is 0 Å². The van der Waals surface area contributed by atoms with Gasteiger partial charge in [0.05, 0.1) is 25.7 Å². The number of amides is 1. The summed E-state index contributed by atoms with van der Waals surface area (Å²) in [4.78, 5) is 14.0. The lowest BCUT2D eigenvalue weighted by Gasteiger charge is -2.29. The zero-order valence-electron chi connectivity index (χ0n) is 16.9. The lowest BCUT2D eigenvalue weighted by atomic mass is 10.0. The van der Waals surface area contributed by atoms with Gasteiger partial charge in [0, 0.05) is 24.7 Å². The summed E-state index contributed by atoms with van der Waals surface area (Å²) in [5.74, 6) is 0.860. The SMILES string of the molecule is CCC(=O)N1CCCc2ccc(NS(=O)(=O)Cc3cc(OC)cc(OC)c3)cc21. The average molecular weight is 419 g/mol. The van der Waals surface area contributed by atoms with Gasteiger partial charge in [-0.15, -0.1) is 0 Å². The number of hydrogen-bond acceptors (Lipinski definition) is 5. The molecule has 0 aliphatic carbocycles. The first kappa shape index (κ1) is 21.0. The van der Waals surface area contributed by atoms with Crippen molar-refractivity contribution < 1.29 is 22.7 Å². The molecule has 1 heterocycles. The van der Waals surface area contributed by atoms with E-state index in [-0.39, 0.29) is 11.7 Å². The molecule has 8 heteroatoms. The topological polar surface area (TPSA) is 84.9 Å². The van der Waals surface area contributed by atoms with E-state index in [4.69, 9.17) is 9.47 Å². The fourth-order valence-electron chi connectivity index (χ4n) is 3.47. The third kappa shape index (κ3) is 5.00. The van der Waals surface area contributed by atoms with Gasteiger partial charge in [-0.3, -0.25) is 9.52 Å². The molecular weight excluding hydrogens is 392 g/mol. The number of ether oxygens (including phenoxy) is 2. The fourth-order valence-corrected chi connectivity index (χ4v) is 4.64. The maximum absolute atomic E-state index is 12.7. The van der Waals surface area contributed by atoms with Gasteiger partial charge in [0.2, 0.25) is 15.9 Å². The second kappa shape index (κ2) is 8.73. The quantitative estimate of drug-likeness (QED) is 0.745. The summed E-state index contributed by atoms with van der Waals surface area (Å²) in [6.07, 6.45) is 2.19. The smallest absolute Gasteiger partial charge is 0.236 e. The Morgan fingerprint density at radius 2 is 1.79 bits per heavy atom. The van der Waals surface area contributed by atoms with E-state index in [0.29, 0.717) is 35.7 Å². The number of benzene rings is 2. The van der Waals surface area contributed by atoms with Crippen molar-refractivity contribution in [3.05, 3.63) is 47.5 Å². The van der Waals surface area contributed by atoms with Gasteiger partial charge in [-0.1, -0.05) is 13.0 Å². The van der Waals surface area contributed by atoms with Crippen LogP contribution in [0.4, 0.5) is 11.4 Å². The Hall–Kier alpha value is -2.74. The Labute approximate surface area is 171 Å². The highest BCUT2D eigenvalue weighted by atomic mass is 32.2. The number of carbonyl (C=O) groups is 1. The first-order valence-electron chi connectivity index (χ1n) is 9.51. The molecule has 2 aromatic rings. The third-order valence-electron chi connectivity index (χ3n) is 4.85. The van der Waals surface area contributed by atoms with Gasteiger partial charge < -0.3 is 14.4 Å². The summed E-state index contributed by atoms with van der Waals surface area (Å²) in [7, 11) is -0.641. The molecule has 0 bridgehead atoms. The van der Waals surface area contributed by atoms with Crippen molar-refractivity contribution in [1.82, 2.24) is 0 Å². The molecule has 0 fully saturated rings. The van der Waals surface area contributed by atoms with Gasteiger partial charge >= 0.3 is 0 Å². The first-order chi connectivity index (χ1) is 13.8. The van der Waals surface area contributed by atoms with Crippen LogP contribution in [0.25, 0.3) is 0 Å². The van der Waals surface area contributed by atoms with Crippen molar-refractivity contribution in [1.29, 1.82) is 0 Å². The molecule has 0 atom stereocenters. The molecule has 0 saturated heterocycles. The summed E-state index contributed by atoms with van der Waals surface area (Å²) in [5.41, 5.74) is 2.83. The van der Waals surface area contributed by atoms with E-state index >= 15 is 0 Å². The van der Waals surface area contributed by atoms with E-state index in [1.54, 1.807) is 35.2 Å². The van der Waals surface area contributed by atoms with Crippen LogP contribution in [-0.4, -0.2) is 35.1 Å². The van der Waals surface area contributed by atoms with Crippen LogP contribution in [0.1, 0.15) is 30.9 Å². The van der Waals surface area contributed by atoms with E-state index in [1.165, 1.54) is 14.2 Å². The molecule has 1 aliphatic rings. The molecular formula is C21H26N2O5S. The largest absolute Gasteiger partial charge is 0.497 e. The van der Waals surface area contributed by atoms with E-state index in [9.17, 15) is 13.2 Å². The minimum absolute atomic E-state index is 0.0365. The van der Waals surface area contributed by atoms with Crippen molar-refractivity contribution in [2.24, 2.45) is 0 Å². The summed E-state index contributed by atoms with van der Waals surface area (Å²) < 4.78 is 38.5. The highest BCUT2D eigenvalue weighted by molar-refractivity contribution is 7.91. The van der Waals surface area contributed by atoms with Crippen molar-refractivity contribution in [2.75, 3.05) is 30.4 Å². The molecule has 0 aromatic heterocycles. The molecule has 2 aromatic carbocycles. The van der Waals surface area contributed by atoms with Crippen LogP contribution in [0.15, 0.2) is 36.4 Å². The predicted octanol–water partition coefficient (Wildman–Crippen LogP) is 3.33. The first-order valence-corrected chi connectivity index (χ1v) is 11.2. The summed E-state index contributed by atoms with van der Waals surface area (Å²) in [6.45, 7) is 2.48. The zero-order valence-corrected chi connectivity index (χ0v) is 17.7. The Kier molecular flexibility index (Phi) is 6.32.